The van der Waals surface area contributed by atoms with E-state index in [4.69, 9.17) is 38.7 Å². The van der Waals surface area contributed by atoms with Crippen molar-refractivity contribution in [1.82, 2.24) is 39.0 Å². The molecule has 24 aromatic rings. The summed E-state index contributed by atoms with van der Waals surface area (Å²) in [7, 11) is 0. The molecule has 0 bridgehead atoms. The summed E-state index contributed by atoms with van der Waals surface area (Å²) >= 11 is 0. The number of furan rings is 2. The van der Waals surface area contributed by atoms with Crippen molar-refractivity contribution >= 4 is 87.5 Å². The highest BCUT2D eigenvalue weighted by Gasteiger charge is 2.24. The number of rotatable bonds is 15. The third kappa shape index (κ3) is 12.8. The van der Waals surface area contributed by atoms with Crippen LogP contribution >= 0.6 is 0 Å². The van der Waals surface area contributed by atoms with Crippen LogP contribution in [-0.2, 0) is 0 Å². The van der Waals surface area contributed by atoms with Crippen LogP contribution in [0.1, 0.15) is 0 Å². The molecule has 0 amide bonds. The molecular weight excluding hydrogens is 1510 g/mol. The number of nitrogens with zero attached hydrogens (tertiary/aromatic N) is 8. The standard InChI is InChI=1S/C114H70N8O2/c1-5-22-71(23-6-1)75-44-50-78(51-45-75)109-115-110(118-113(117-109)89-56-58-105-97(65-89)99-67-95-93-40-13-15-42-101(93)121(103(95)69-107(99)123-105)91-38-20-35-86(63-91)74-28-11-4-12-29-74)80-54-48-77(49-55-80)81-30-17-32-83(60-81)84-33-18-34-85(61-84)87-36-21-39-92(64-87)122-102-43-16-14-41-94(102)96-68-100-98-66-90(57-59-106(98)124-108(100)70-104(96)122)114-119-111(79-52-46-76(47-53-79)72-24-7-2-8-25-72)116-112(120-114)88-37-19-31-82(62-88)73-26-9-3-10-27-73/h1-70H. The molecule has 10 nitrogen and oxygen atoms in total. The Morgan fingerprint density at radius 2 is 0.379 bits per heavy atom. The number of fused-ring (bicyclic) bond motifs is 12. The van der Waals surface area contributed by atoms with Gasteiger partial charge in [0.05, 0.1) is 22.1 Å². The Balaban J connectivity index is 0.538. The van der Waals surface area contributed by atoms with Gasteiger partial charge < -0.3 is 18.0 Å². The third-order valence-corrected chi connectivity index (χ3v) is 24.2. The predicted octanol–water partition coefficient (Wildman–Crippen LogP) is 29.7. The van der Waals surface area contributed by atoms with Crippen molar-refractivity contribution in [1.29, 1.82) is 0 Å². The molecule has 0 aliphatic heterocycles. The largest absolute Gasteiger partial charge is 0.456 e. The van der Waals surface area contributed by atoms with Gasteiger partial charge in [-0.05, 0) is 181 Å². The van der Waals surface area contributed by atoms with Crippen molar-refractivity contribution in [2.75, 3.05) is 0 Å². The Bertz CT molecular complexity index is 8320. The lowest BCUT2D eigenvalue weighted by Gasteiger charge is -2.12. The molecule has 124 heavy (non-hydrogen) atoms. The third-order valence-electron chi connectivity index (χ3n) is 24.2. The van der Waals surface area contributed by atoms with E-state index in [0.717, 1.165) is 205 Å². The van der Waals surface area contributed by atoms with Crippen LogP contribution in [0.2, 0.25) is 0 Å². The lowest BCUT2D eigenvalue weighted by atomic mass is 9.96. The van der Waals surface area contributed by atoms with Crippen molar-refractivity contribution in [3.05, 3.63) is 425 Å². The maximum absolute atomic E-state index is 6.86. The van der Waals surface area contributed by atoms with E-state index in [-0.39, 0.29) is 0 Å². The number of para-hydroxylation sites is 2. The molecule has 0 radical (unpaired) electrons. The van der Waals surface area contributed by atoms with Crippen LogP contribution in [-0.4, -0.2) is 39.0 Å². The van der Waals surface area contributed by atoms with Crippen LogP contribution in [0.25, 0.3) is 245 Å². The quantitative estimate of drug-likeness (QED) is 0.0997. The molecule has 0 spiro atoms. The summed E-state index contributed by atoms with van der Waals surface area (Å²) in [5.41, 5.74) is 30.5. The molecule has 0 aliphatic carbocycles. The Kier molecular flexibility index (Phi) is 17.0. The predicted molar refractivity (Wildman–Crippen MR) is 507 cm³/mol. The van der Waals surface area contributed by atoms with Crippen LogP contribution in [0, 0.1) is 0 Å². The first-order valence-electron chi connectivity index (χ1n) is 41.7. The first-order chi connectivity index (χ1) is 61.4. The topological polar surface area (TPSA) is 113 Å². The van der Waals surface area contributed by atoms with E-state index in [1.165, 1.54) is 5.56 Å². The monoisotopic (exact) mass is 1580 g/mol. The Labute approximate surface area is 712 Å². The average molecular weight is 1580 g/mol. The number of hydrogen-bond acceptors (Lipinski definition) is 8. The number of hydrogen-bond donors (Lipinski definition) is 0. The van der Waals surface area contributed by atoms with E-state index in [1.807, 2.05) is 30.3 Å². The molecule has 6 aromatic heterocycles. The first-order valence-corrected chi connectivity index (χ1v) is 41.7. The second-order valence-corrected chi connectivity index (χ2v) is 31.7. The molecular formula is C114H70N8O2. The summed E-state index contributed by atoms with van der Waals surface area (Å²) < 4.78 is 18.4. The van der Waals surface area contributed by atoms with Crippen LogP contribution in [0.15, 0.2) is 433 Å². The average Bonchev–Trinajstić information content (AvgIpc) is 1.57. The van der Waals surface area contributed by atoms with Crippen LogP contribution in [0.3, 0.4) is 0 Å². The number of benzene rings is 18. The van der Waals surface area contributed by atoms with Crippen molar-refractivity contribution in [3.8, 4) is 158 Å². The Hall–Kier alpha value is -16.8. The van der Waals surface area contributed by atoms with E-state index in [2.05, 4.69) is 403 Å². The molecule has 0 N–H and O–H groups in total. The lowest BCUT2D eigenvalue weighted by molar-refractivity contribution is 0.669. The van der Waals surface area contributed by atoms with Gasteiger partial charge in [0.15, 0.2) is 34.9 Å². The minimum Gasteiger partial charge on any atom is -0.456 e. The molecule has 0 unspecified atom stereocenters. The summed E-state index contributed by atoms with van der Waals surface area (Å²) in [6, 6.07) is 150. The van der Waals surface area contributed by atoms with Gasteiger partial charge in [0.2, 0.25) is 0 Å². The maximum atomic E-state index is 6.86. The Morgan fingerprint density at radius 3 is 0.758 bits per heavy atom. The van der Waals surface area contributed by atoms with Crippen molar-refractivity contribution in [3.63, 3.8) is 0 Å². The van der Waals surface area contributed by atoms with E-state index in [1.54, 1.807) is 0 Å². The van der Waals surface area contributed by atoms with Gasteiger partial charge in [-0.2, -0.15) is 0 Å². The summed E-state index contributed by atoms with van der Waals surface area (Å²) in [6.45, 7) is 0. The van der Waals surface area contributed by atoms with Gasteiger partial charge in [0.25, 0.3) is 0 Å². The molecule has 18 aromatic carbocycles. The molecule has 10 heteroatoms. The molecule has 0 saturated heterocycles. The maximum Gasteiger partial charge on any atom is 0.164 e. The number of aromatic nitrogens is 8. The van der Waals surface area contributed by atoms with Crippen LogP contribution < -0.4 is 0 Å². The summed E-state index contributed by atoms with van der Waals surface area (Å²) in [6.07, 6.45) is 0. The fraction of sp³-hybridized carbons (Fsp3) is 0. The van der Waals surface area contributed by atoms with E-state index < -0.39 is 0 Å². The molecule has 0 atom stereocenters. The normalized spacial score (nSPS) is 11.7. The molecule has 6 heterocycles. The highest BCUT2D eigenvalue weighted by molar-refractivity contribution is 6.19. The smallest absolute Gasteiger partial charge is 0.164 e. The van der Waals surface area contributed by atoms with Crippen molar-refractivity contribution in [2.45, 2.75) is 0 Å². The SMILES string of the molecule is c1ccc(-c2ccc(-c3nc(-c4ccc(-c5cccc(-c6cccc(-c7cccc(-n8c9ccccc9c9cc%10c(cc98)oc8ccc(-c9nc(-c%11ccc(-c%12ccccc%12)cc%11)nc(-c%11cccc(-c%12ccccc%12)c%11)n9)cc8%10)c7)c6)c5)cc4)nc(-c4ccc5oc6cc7c(cc6c5c4)c4ccccc4n7-c4cccc(-c5ccccc5)c4)n3)cc2)cc1. The van der Waals surface area contributed by atoms with E-state index >= 15 is 0 Å². The summed E-state index contributed by atoms with van der Waals surface area (Å²) in [5, 5.41) is 8.54. The zero-order valence-corrected chi connectivity index (χ0v) is 66.8. The minimum absolute atomic E-state index is 0.560. The highest BCUT2D eigenvalue weighted by atomic mass is 16.3. The first kappa shape index (κ1) is 71.3. The Morgan fingerprint density at radius 1 is 0.137 bits per heavy atom. The fourth-order valence-electron chi connectivity index (χ4n) is 18.0. The van der Waals surface area contributed by atoms with Gasteiger partial charge in [0.1, 0.15) is 22.3 Å². The fourth-order valence-corrected chi connectivity index (χ4v) is 18.0. The zero-order valence-electron chi connectivity index (χ0n) is 66.8. The molecule has 0 saturated carbocycles. The van der Waals surface area contributed by atoms with Gasteiger partial charge in [-0.1, -0.05) is 309 Å². The molecule has 24 rings (SSSR count). The van der Waals surface area contributed by atoms with Gasteiger partial charge in [0, 0.05) is 100.0 Å². The van der Waals surface area contributed by atoms with Crippen LogP contribution in [0.5, 0.6) is 0 Å². The van der Waals surface area contributed by atoms with E-state index in [0.29, 0.717) is 34.9 Å². The van der Waals surface area contributed by atoms with Gasteiger partial charge in [-0.15, -0.1) is 0 Å². The summed E-state index contributed by atoms with van der Waals surface area (Å²) in [5.74, 6) is 3.45. The molecule has 578 valence electrons. The molecule has 0 fully saturated rings. The second-order valence-electron chi connectivity index (χ2n) is 31.7. The summed E-state index contributed by atoms with van der Waals surface area (Å²) in [4.78, 5) is 31.5. The van der Waals surface area contributed by atoms with Crippen molar-refractivity contribution < 1.29 is 8.83 Å². The van der Waals surface area contributed by atoms with Gasteiger partial charge in [-0.25, -0.2) is 29.9 Å². The second kappa shape index (κ2) is 29.6. The highest BCUT2D eigenvalue weighted by Crippen LogP contribution is 2.45. The van der Waals surface area contributed by atoms with Gasteiger partial charge >= 0.3 is 0 Å². The van der Waals surface area contributed by atoms with Gasteiger partial charge in [-0.3, -0.25) is 0 Å². The van der Waals surface area contributed by atoms with E-state index in [9.17, 15) is 0 Å². The molecule has 0 aliphatic rings. The zero-order chi connectivity index (χ0) is 81.7. The van der Waals surface area contributed by atoms with Crippen LogP contribution in [0.4, 0.5) is 0 Å². The minimum atomic E-state index is 0.560. The lowest BCUT2D eigenvalue weighted by Crippen LogP contribution is -2.00. The van der Waals surface area contributed by atoms with Crippen molar-refractivity contribution in [2.24, 2.45) is 0 Å².